The zero-order chi connectivity index (χ0) is 11.4. The molecule has 3 nitrogen and oxygen atoms in total. The van der Waals surface area contributed by atoms with Crippen molar-refractivity contribution in [2.75, 3.05) is 17.7 Å². The maximum atomic E-state index is 5.92. The molecule has 0 amide bonds. The molecule has 0 aliphatic heterocycles. The number of nitrogen functional groups attached to an aromatic ring is 1. The summed E-state index contributed by atoms with van der Waals surface area (Å²) in [5.74, 6) is 0. The predicted molar refractivity (Wildman–Crippen MR) is 69.1 cm³/mol. The van der Waals surface area contributed by atoms with Gasteiger partial charge in [-0.3, -0.25) is 4.98 Å². The maximum absolute atomic E-state index is 5.92. The molecule has 0 aliphatic carbocycles. The summed E-state index contributed by atoms with van der Waals surface area (Å²) in [6.45, 7) is 4.39. The second-order valence-corrected chi connectivity index (χ2v) is 4.66. The van der Waals surface area contributed by atoms with Gasteiger partial charge in [-0.05, 0) is 29.3 Å². The lowest BCUT2D eigenvalue weighted by atomic mass is 10.1. The summed E-state index contributed by atoms with van der Waals surface area (Å²) in [6.07, 6.45) is 5.80. The standard InChI is InChI=1S/C11H18BrN3/c1-4-5-8(2)15(3)11-9(12)6-14-7-10(11)13/h6-8H,4-5,13H2,1-3H3. The van der Waals surface area contributed by atoms with Gasteiger partial charge in [0.2, 0.25) is 0 Å². The van der Waals surface area contributed by atoms with Crippen LogP contribution in [0.2, 0.25) is 0 Å². The van der Waals surface area contributed by atoms with Crippen molar-refractivity contribution in [1.82, 2.24) is 4.98 Å². The first-order valence-corrected chi connectivity index (χ1v) is 5.99. The second-order valence-electron chi connectivity index (χ2n) is 3.81. The van der Waals surface area contributed by atoms with E-state index in [-0.39, 0.29) is 0 Å². The highest BCUT2D eigenvalue weighted by Gasteiger charge is 2.14. The lowest BCUT2D eigenvalue weighted by molar-refractivity contribution is 0.616. The second kappa shape index (κ2) is 5.35. The molecular formula is C11H18BrN3. The fraction of sp³-hybridized carbons (Fsp3) is 0.545. The molecule has 1 atom stereocenters. The smallest absolute Gasteiger partial charge is 0.0775 e. The molecule has 2 N–H and O–H groups in total. The van der Waals surface area contributed by atoms with Crippen molar-refractivity contribution in [1.29, 1.82) is 0 Å². The van der Waals surface area contributed by atoms with E-state index in [9.17, 15) is 0 Å². The minimum Gasteiger partial charge on any atom is -0.396 e. The number of nitrogens with zero attached hydrogens (tertiary/aromatic N) is 2. The first-order chi connectivity index (χ1) is 7.07. The summed E-state index contributed by atoms with van der Waals surface area (Å²) in [5.41, 5.74) is 7.67. The van der Waals surface area contributed by atoms with E-state index in [1.54, 1.807) is 12.4 Å². The molecule has 0 fully saturated rings. The van der Waals surface area contributed by atoms with Gasteiger partial charge in [0, 0.05) is 19.3 Å². The van der Waals surface area contributed by atoms with Crippen molar-refractivity contribution < 1.29 is 0 Å². The molecule has 1 unspecified atom stereocenters. The number of rotatable bonds is 4. The zero-order valence-corrected chi connectivity index (χ0v) is 11.1. The summed E-state index contributed by atoms with van der Waals surface area (Å²) in [5, 5.41) is 0. The van der Waals surface area contributed by atoms with E-state index in [4.69, 9.17) is 5.73 Å². The molecule has 0 aliphatic rings. The third kappa shape index (κ3) is 2.84. The lowest BCUT2D eigenvalue weighted by Crippen LogP contribution is -2.29. The highest BCUT2D eigenvalue weighted by atomic mass is 79.9. The average molecular weight is 272 g/mol. The Bertz CT molecular complexity index is 307. The van der Waals surface area contributed by atoms with Crippen LogP contribution in [0.3, 0.4) is 0 Å². The van der Waals surface area contributed by atoms with Crippen molar-refractivity contribution in [2.45, 2.75) is 32.7 Å². The number of anilines is 2. The van der Waals surface area contributed by atoms with E-state index in [1.807, 2.05) is 0 Å². The summed E-state index contributed by atoms with van der Waals surface area (Å²) in [4.78, 5) is 6.23. The summed E-state index contributed by atoms with van der Waals surface area (Å²) >= 11 is 3.48. The Labute approximate surface area is 99.8 Å². The van der Waals surface area contributed by atoms with Gasteiger partial charge in [-0.2, -0.15) is 0 Å². The molecule has 15 heavy (non-hydrogen) atoms. The van der Waals surface area contributed by atoms with E-state index in [0.717, 1.165) is 22.3 Å². The first-order valence-electron chi connectivity index (χ1n) is 5.19. The van der Waals surface area contributed by atoms with Crippen LogP contribution in [0.5, 0.6) is 0 Å². The van der Waals surface area contributed by atoms with Crippen LogP contribution in [-0.4, -0.2) is 18.1 Å². The van der Waals surface area contributed by atoms with E-state index >= 15 is 0 Å². The van der Waals surface area contributed by atoms with Gasteiger partial charge in [-0.15, -0.1) is 0 Å². The molecule has 0 radical (unpaired) electrons. The van der Waals surface area contributed by atoms with Crippen molar-refractivity contribution in [3.63, 3.8) is 0 Å². The predicted octanol–water partition coefficient (Wildman–Crippen LogP) is 3.05. The minimum absolute atomic E-state index is 0.482. The SMILES string of the molecule is CCCC(C)N(C)c1c(N)cncc1Br. The first kappa shape index (κ1) is 12.3. The fourth-order valence-corrected chi connectivity index (χ4v) is 2.27. The van der Waals surface area contributed by atoms with Gasteiger partial charge in [0.25, 0.3) is 0 Å². The topological polar surface area (TPSA) is 42.1 Å². The van der Waals surface area contributed by atoms with Gasteiger partial charge < -0.3 is 10.6 Å². The number of nitrogens with two attached hydrogens (primary N) is 1. The molecular weight excluding hydrogens is 254 g/mol. The molecule has 1 aromatic rings. The maximum Gasteiger partial charge on any atom is 0.0775 e. The van der Waals surface area contributed by atoms with Crippen LogP contribution in [0.4, 0.5) is 11.4 Å². The lowest BCUT2D eigenvalue weighted by Gasteiger charge is -2.28. The Morgan fingerprint density at radius 2 is 2.20 bits per heavy atom. The van der Waals surface area contributed by atoms with Crippen molar-refractivity contribution >= 4 is 27.3 Å². The monoisotopic (exact) mass is 271 g/mol. The third-order valence-corrected chi connectivity index (χ3v) is 3.20. The van der Waals surface area contributed by atoms with Crippen LogP contribution in [0, 0.1) is 0 Å². The highest BCUT2D eigenvalue weighted by Crippen LogP contribution is 2.31. The molecule has 0 saturated carbocycles. The number of hydrogen-bond acceptors (Lipinski definition) is 3. The third-order valence-electron chi connectivity index (χ3n) is 2.62. The van der Waals surface area contributed by atoms with Crippen LogP contribution < -0.4 is 10.6 Å². The van der Waals surface area contributed by atoms with Gasteiger partial charge >= 0.3 is 0 Å². The largest absolute Gasteiger partial charge is 0.396 e. The van der Waals surface area contributed by atoms with Gasteiger partial charge in [0.1, 0.15) is 0 Å². The number of aromatic nitrogens is 1. The minimum atomic E-state index is 0.482. The molecule has 0 spiro atoms. The van der Waals surface area contributed by atoms with Gasteiger partial charge in [-0.1, -0.05) is 13.3 Å². The van der Waals surface area contributed by atoms with Crippen molar-refractivity contribution in [3.8, 4) is 0 Å². The Hall–Kier alpha value is -0.770. The molecule has 0 aromatic carbocycles. The summed E-state index contributed by atoms with van der Waals surface area (Å²) in [6, 6.07) is 0.482. The quantitative estimate of drug-likeness (QED) is 0.916. The molecule has 0 saturated heterocycles. The van der Waals surface area contributed by atoms with Crippen LogP contribution in [0.15, 0.2) is 16.9 Å². The van der Waals surface area contributed by atoms with Gasteiger partial charge in [0.05, 0.1) is 22.0 Å². The zero-order valence-electron chi connectivity index (χ0n) is 9.50. The highest BCUT2D eigenvalue weighted by molar-refractivity contribution is 9.10. The Morgan fingerprint density at radius 1 is 1.53 bits per heavy atom. The van der Waals surface area contributed by atoms with Crippen LogP contribution in [-0.2, 0) is 0 Å². The van der Waals surface area contributed by atoms with E-state index in [1.165, 1.54) is 6.42 Å². The molecule has 84 valence electrons. The number of pyridine rings is 1. The average Bonchev–Trinajstić information content (AvgIpc) is 2.17. The van der Waals surface area contributed by atoms with E-state index in [2.05, 4.69) is 46.7 Å². The number of hydrogen-bond donors (Lipinski definition) is 1. The van der Waals surface area contributed by atoms with Gasteiger partial charge in [0.15, 0.2) is 0 Å². The summed E-state index contributed by atoms with van der Waals surface area (Å²) < 4.78 is 0.952. The Kier molecular flexibility index (Phi) is 4.39. The van der Waals surface area contributed by atoms with Crippen molar-refractivity contribution in [2.24, 2.45) is 0 Å². The number of halogens is 1. The normalized spacial score (nSPS) is 12.5. The van der Waals surface area contributed by atoms with Gasteiger partial charge in [-0.25, -0.2) is 0 Å². The molecule has 1 rings (SSSR count). The molecule has 1 aromatic heterocycles. The van der Waals surface area contributed by atoms with Crippen LogP contribution in [0.25, 0.3) is 0 Å². The summed E-state index contributed by atoms with van der Waals surface area (Å²) in [7, 11) is 2.07. The molecule has 4 heteroatoms. The van der Waals surface area contributed by atoms with Crippen LogP contribution >= 0.6 is 15.9 Å². The Morgan fingerprint density at radius 3 is 2.73 bits per heavy atom. The van der Waals surface area contributed by atoms with E-state index in [0.29, 0.717) is 6.04 Å². The van der Waals surface area contributed by atoms with E-state index < -0.39 is 0 Å². The van der Waals surface area contributed by atoms with Crippen molar-refractivity contribution in [3.05, 3.63) is 16.9 Å². The fourth-order valence-electron chi connectivity index (χ4n) is 1.65. The Balaban J connectivity index is 2.94. The molecule has 0 bridgehead atoms. The molecule has 1 heterocycles. The van der Waals surface area contributed by atoms with Crippen LogP contribution in [0.1, 0.15) is 26.7 Å².